The molecule has 3 heterocycles. The van der Waals surface area contributed by atoms with Crippen molar-refractivity contribution < 1.29 is 17.4 Å². The summed E-state index contributed by atoms with van der Waals surface area (Å²) in [5, 5.41) is 5.52. The van der Waals surface area contributed by atoms with Gasteiger partial charge in [-0.1, -0.05) is 12.1 Å². The highest BCUT2D eigenvalue weighted by Gasteiger charge is 2.19. The first-order valence-electron chi connectivity index (χ1n) is 6.52. The van der Waals surface area contributed by atoms with Gasteiger partial charge in [0.25, 0.3) is 0 Å². The number of hydrogen-bond acceptors (Lipinski definition) is 7. The first-order chi connectivity index (χ1) is 10.6. The molecule has 3 aromatic rings. The molecule has 7 nitrogen and oxygen atoms in total. The minimum Gasteiger partial charge on any atom is -0.468 e. The molecule has 3 rings (SSSR count). The van der Waals surface area contributed by atoms with Crippen LogP contribution in [0.2, 0.25) is 0 Å². The molecule has 22 heavy (non-hydrogen) atoms. The number of nitrogens with one attached hydrogen (secondary N) is 1. The van der Waals surface area contributed by atoms with Crippen LogP contribution in [-0.2, 0) is 23.0 Å². The zero-order valence-corrected chi connectivity index (χ0v) is 13.3. The maximum Gasteiger partial charge on any atom is 0.250 e. The summed E-state index contributed by atoms with van der Waals surface area (Å²) in [6.07, 6.45) is 2.13. The number of furan rings is 1. The van der Waals surface area contributed by atoms with E-state index < -0.39 is 10.0 Å². The molecule has 0 aliphatic carbocycles. The van der Waals surface area contributed by atoms with E-state index in [-0.39, 0.29) is 10.8 Å². The Balaban J connectivity index is 1.77. The van der Waals surface area contributed by atoms with Crippen molar-refractivity contribution in [1.82, 2.24) is 14.9 Å². The Hall–Kier alpha value is -1.97. The molecule has 0 aliphatic rings. The van der Waals surface area contributed by atoms with Gasteiger partial charge in [-0.25, -0.2) is 13.1 Å². The van der Waals surface area contributed by atoms with E-state index >= 15 is 0 Å². The second kappa shape index (κ2) is 6.03. The molecule has 1 N–H and O–H groups in total. The van der Waals surface area contributed by atoms with Crippen molar-refractivity contribution in [2.45, 2.75) is 24.1 Å². The van der Waals surface area contributed by atoms with E-state index in [9.17, 15) is 8.42 Å². The van der Waals surface area contributed by atoms with E-state index in [2.05, 4.69) is 14.9 Å². The highest BCUT2D eigenvalue weighted by Crippen LogP contribution is 2.26. The van der Waals surface area contributed by atoms with Gasteiger partial charge < -0.3 is 8.94 Å². The summed E-state index contributed by atoms with van der Waals surface area (Å²) >= 11 is 1.10. The Kier molecular flexibility index (Phi) is 4.10. The smallest absolute Gasteiger partial charge is 0.250 e. The van der Waals surface area contributed by atoms with Crippen molar-refractivity contribution in [1.29, 1.82) is 0 Å². The number of thiophene rings is 1. The van der Waals surface area contributed by atoms with Gasteiger partial charge in [-0.3, -0.25) is 0 Å². The molecule has 0 bridgehead atoms. The number of aromatic nitrogens is 2. The normalized spacial score (nSPS) is 11.9. The first kappa shape index (κ1) is 14.9. The van der Waals surface area contributed by atoms with E-state index in [0.29, 0.717) is 29.5 Å². The van der Waals surface area contributed by atoms with Crippen molar-refractivity contribution in [3.63, 3.8) is 0 Å². The minimum atomic E-state index is -3.60. The maximum absolute atomic E-state index is 12.2. The largest absolute Gasteiger partial charge is 0.468 e. The molecule has 0 aliphatic heterocycles. The molecule has 0 fully saturated rings. The zero-order chi connectivity index (χ0) is 15.6. The van der Waals surface area contributed by atoms with Gasteiger partial charge in [-0.05, 0) is 18.2 Å². The SMILES string of the molecule is CCc1nc(-c2csc(S(=O)(=O)NCc3ccco3)c2)no1. The summed E-state index contributed by atoms with van der Waals surface area (Å²) in [6.45, 7) is 2.00. The lowest BCUT2D eigenvalue weighted by atomic mass is 10.3. The first-order valence-corrected chi connectivity index (χ1v) is 8.88. The van der Waals surface area contributed by atoms with Crippen LogP contribution in [0, 0.1) is 0 Å². The number of rotatable bonds is 6. The number of nitrogens with zero attached hydrogens (tertiary/aromatic N) is 2. The van der Waals surface area contributed by atoms with Crippen LogP contribution in [0.1, 0.15) is 18.6 Å². The average Bonchev–Trinajstić information content (AvgIpc) is 3.24. The molecule has 0 atom stereocenters. The Labute approximate surface area is 131 Å². The third-order valence-corrected chi connectivity index (χ3v) is 5.73. The van der Waals surface area contributed by atoms with Crippen LogP contribution >= 0.6 is 11.3 Å². The number of sulfonamides is 1. The lowest BCUT2D eigenvalue weighted by Crippen LogP contribution is -2.22. The lowest BCUT2D eigenvalue weighted by molar-refractivity contribution is 0.383. The quantitative estimate of drug-likeness (QED) is 0.740. The van der Waals surface area contributed by atoms with Crippen molar-refractivity contribution in [2.24, 2.45) is 0 Å². The van der Waals surface area contributed by atoms with Crippen LogP contribution in [0.4, 0.5) is 0 Å². The third kappa shape index (κ3) is 3.11. The molecule has 9 heteroatoms. The summed E-state index contributed by atoms with van der Waals surface area (Å²) in [7, 11) is -3.60. The van der Waals surface area contributed by atoms with Gasteiger partial charge in [0.2, 0.25) is 21.7 Å². The Morgan fingerprint density at radius 2 is 2.27 bits per heavy atom. The van der Waals surface area contributed by atoms with Gasteiger partial charge in [0, 0.05) is 17.4 Å². The van der Waals surface area contributed by atoms with Gasteiger partial charge in [0.05, 0.1) is 12.8 Å². The summed E-state index contributed by atoms with van der Waals surface area (Å²) in [5.74, 6) is 1.45. The standard InChI is InChI=1S/C13H13N3O4S2/c1-2-11-15-13(16-20-11)9-6-12(21-8-9)22(17,18)14-7-10-4-3-5-19-10/h3-6,8,14H,2,7H2,1H3. The molecule has 116 valence electrons. The molecule has 0 amide bonds. The van der Waals surface area contributed by atoms with Crippen molar-refractivity contribution in [2.75, 3.05) is 0 Å². The average molecular weight is 339 g/mol. The van der Waals surface area contributed by atoms with Crippen LogP contribution in [0.5, 0.6) is 0 Å². The summed E-state index contributed by atoms with van der Waals surface area (Å²) in [4.78, 5) is 4.18. The highest BCUT2D eigenvalue weighted by atomic mass is 32.2. The molecular formula is C13H13N3O4S2. The van der Waals surface area contributed by atoms with Gasteiger partial charge in [-0.15, -0.1) is 11.3 Å². The summed E-state index contributed by atoms with van der Waals surface area (Å²) < 4.78 is 37.3. The maximum atomic E-state index is 12.2. The highest BCUT2D eigenvalue weighted by molar-refractivity contribution is 7.91. The van der Waals surface area contributed by atoms with Crippen LogP contribution in [0.3, 0.4) is 0 Å². The van der Waals surface area contributed by atoms with Crippen LogP contribution in [0.25, 0.3) is 11.4 Å². The Morgan fingerprint density at radius 3 is 2.95 bits per heavy atom. The second-order valence-corrected chi connectivity index (χ2v) is 7.33. The lowest BCUT2D eigenvalue weighted by Gasteiger charge is -2.01. The molecule has 0 saturated heterocycles. The van der Waals surface area contributed by atoms with Gasteiger partial charge in [-0.2, -0.15) is 4.98 Å². The van der Waals surface area contributed by atoms with Crippen molar-refractivity contribution in [3.05, 3.63) is 41.5 Å². The molecule has 0 saturated carbocycles. The van der Waals surface area contributed by atoms with E-state index in [1.165, 1.54) is 12.3 Å². The van der Waals surface area contributed by atoms with E-state index in [1.807, 2.05) is 6.92 Å². The fraction of sp³-hybridized carbons (Fsp3) is 0.231. The predicted octanol–water partition coefficient (Wildman–Crippen LogP) is 2.43. The predicted molar refractivity (Wildman–Crippen MR) is 79.7 cm³/mol. The molecule has 0 radical (unpaired) electrons. The molecular weight excluding hydrogens is 326 g/mol. The monoisotopic (exact) mass is 339 g/mol. The Morgan fingerprint density at radius 1 is 1.41 bits per heavy atom. The summed E-state index contributed by atoms with van der Waals surface area (Å²) in [5.41, 5.74) is 0.617. The molecule has 0 aromatic carbocycles. The van der Waals surface area contributed by atoms with Gasteiger partial charge in [0.15, 0.2) is 0 Å². The topological polar surface area (TPSA) is 98.2 Å². The zero-order valence-electron chi connectivity index (χ0n) is 11.6. The van der Waals surface area contributed by atoms with E-state index in [0.717, 1.165) is 11.3 Å². The summed E-state index contributed by atoms with van der Waals surface area (Å²) in [6, 6.07) is 4.93. The number of aryl methyl sites for hydroxylation is 1. The van der Waals surface area contributed by atoms with Gasteiger partial charge in [0.1, 0.15) is 9.97 Å². The second-order valence-electron chi connectivity index (χ2n) is 4.42. The van der Waals surface area contributed by atoms with Crippen LogP contribution < -0.4 is 4.72 Å². The molecule has 0 unspecified atom stereocenters. The Bertz CT molecular complexity index is 850. The minimum absolute atomic E-state index is 0.102. The van der Waals surface area contributed by atoms with Crippen molar-refractivity contribution in [3.8, 4) is 11.4 Å². The number of hydrogen-bond donors (Lipinski definition) is 1. The fourth-order valence-electron chi connectivity index (χ4n) is 1.74. The van der Waals surface area contributed by atoms with E-state index in [4.69, 9.17) is 8.94 Å². The van der Waals surface area contributed by atoms with Crippen LogP contribution in [-0.4, -0.2) is 18.6 Å². The molecule has 0 spiro atoms. The van der Waals surface area contributed by atoms with Crippen LogP contribution in [0.15, 0.2) is 43.0 Å². The van der Waals surface area contributed by atoms with Crippen molar-refractivity contribution >= 4 is 21.4 Å². The van der Waals surface area contributed by atoms with Gasteiger partial charge >= 0.3 is 0 Å². The molecule has 3 aromatic heterocycles. The van der Waals surface area contributed by atoms with E-state index in [1.54, 1.807) is 17.5 Å². The third-order valence-electron chi connectivity index (χ3n) is 2.89. The fourth-order valence-corrected chi connectivity index (χ4v) is 3.94.